The molecule has 0 unspecified atom stereocenters. The highest BCUT2D eigenvalue weighted by molar-refractivity contribution is 5.85. The van der Waals surface area contributed by atoms with Crippen LogP contribution in [0.5, 0.6) is 11.6 Å². The molecule has 0 fully saturated rings. The third kappa shape index (κ3) is 5.47. The minimum Gasteiger partial charge on any atom is -0.493 e. The fraction of sp³-hybridized carbons (Fsp3) is 0.174. The van der Waals surface area contributed by atoms with Gasteiger partial charge < -0.3 is 19.9 Å². The van der Waals surface area contributed by atoms with E-state index in [2.05, 4.69) is 15.3 Å². The molecule has 2 aromatic heterocycles. The molecule has 9 heteroatoms. The molecule has 4 aromatic rings. The number of carbonyl (C=O) groups excluding carboxylic acids is 1. The molecular formula is C23H23ClN4O4. The van der Waals surface area contributed by atoms with Crippen molar-refractivity contribution in [2.75, 3.05) is 13.2 Å². The number of hydrogen-bond acceptors (Lipinski definition) is 6. The lowest BCUT2D eigenvalue weighted by Gasteiger charge is -2.09. The molecule has 0 aliphatic rings. The quantitative estimate of drug-likeness (QED) is 0.407. The summed E-state index contributed by atoms with van der Waals surface area (Å²) in [6, 6.07) is 16.9. The Labute approximate surface area is 191 Å². The van der Waals surface area contributed by atoms with Gasteiger partial charge in [-0.2, -0.15) is 0 Å². The van der Waals surface area contributed by atoms with Crippen molar-refractivity contribution in [1.82, 2.24) is 19.7 Å². The van der Waals surface area contributed by atoms with E-state index in [1.165, 1.54) is 0 Å². The summed E-state index contributed by atoms with van der Waals surface area (Å²) in [6.07, 6.45) is 2.88. The summed E-state index contributed by atoms with van der Waals surface area (Å²) >= 11 is 0. The van der Waals surface area contributed by atoms with E-state index >= 15 is 0 Å². The summed E-state index contributed by atoms with van der Waals surface area (Å²) in [7, 11) is 0. The van der Waals surface area contributed by atoms with E-state index in [4.69, 9.17) is 9.47 Å². The number of nitrogens with zero attached hydrogens (tertiary/aromatic N) is 3. The second-order valence-corrected chi connectivity index (χ2v) is 6.88. The van der Waals surface area contributed by atoms with E-state index in [1.807, 2.05) is 54.6 Å². The summed E-state index contributed by atoms with van der Waals surface area (Å²) < 4.78 is 12.4. The van der Waals surface area contributed by atoms with Crippen LogP contribution < -0.4 is 10.1 Å². The first-order valence-corrected chi connectivity index (χ1v) is 9.81. The predicted octanol–water partition coefficient (Wildman–Crippen LogP) is 4.14. The zero-order valence-corrected chi connectivity index (χ0v) is 18.2. The molecule has 0 atom stereocenters. The summed E-state index contributed by atoms with van der Waals surface area (Å²) in [4.78, 5) is 20.4. The van der Waals surface area contributed by atoms with Gasteiger partial charge in [0.05, 0.1) is 18.4 Å². The van der Waals surface area contributed by atoms with Crippen molar-refractivity contribution >= 4 is 24.1 Å². The first-order valence-electron chi connectivity index (χ1n) is 9.81. The minimum atomic E-state index is -0.484. The third-order valence-electron chi connectivity index (χ3n) is 4.65. The molecule has 166 valence electrons. The molecule has 0 saturated carbocycles. The molecule has 4 rings (SSSR count). The highest BCUT2D eigenvalue weighted by Gasteiger charge is 2.09. The number of halogens is 1. The van der Waals surface area contributed by atoms with E-state index < -0.39 is 6.09 Å². The van der Waals surface area contributed by atoms with Crippen molar-refractivity contribution < 1.29 is 19.4 Å². The maximum atomic E-state index is 11.7. The Morgan fingerprint density at radius 3 is 2.62 bits per heavy atom. The van der Waals surface area contributed by atoms with Gasteiger partial charge in [0.15, 0.2) is 5.65 Å². The van der Waals surface area contributed by atoms with Crippen molar-refractivity contribution in [2.24, 2.45) is 0 Å². The average molecular weight is 455 g/mol. The van der Waals surface area contributed by atoms with Crippen molar-refractivity contribution in [1.29, 1.82) is 0 Å². The van der Waals surface area contributed by atoms with Crippen LogP contribution in [0.1, 0.15) is 11.3 Å². The van der Waals surface area contributed by atoms with Gasteiger partial charge in [-0.3, -0.25) is 9.38 Å². The van der Waals surface area contributed by atoms with Crippen LogP contribution in [0.4, 0.5) is 4.79 Å². The molecule has 0 radical (unpaired) electrons. The summed E-state index contributed by atoms with van der Waals surface area (Å²) in [6.45, 7) is 2.61. The minimum absolute atomic E-state index is 0. The van der Waals surface area contributed by atoms with Gasteiger partial charge >= 0.3 is 6.09 Å². The molecule has 0 aliphatic carbocycles. The SMILES string of the molecule is Cc1nc2cnc(-c3ccc(OCCNC(=O)OCc4ccccc4)cc3)cn2c1O.Cl. The Bertz CT molecular complexity index is 1180. The molecule has 0 spiro atoms. The Hall–Kier alpha value is -3.78. The van der Waals surface area contributed by atoms with Crippen LogP contribution >= 0.6 is 12.4 Å². The van der Waals surface area contributed by atoms with E-state index in [0.29, 0.717) is 35.9 Å². The van der Waals surface area contributed by atoms with Crippen LogP contribution in [0.15, 0.2) is 67.0 Å². The van der Waals surface area contributed by atoms with Crippen LogP contribution in [-0.4, -0.2) is 38.7 Å². The lowest BCUT2D eigenvalue weighted by Crippen LogP contribution is -2.28. The van der Waals surface area contributed by atoms with Crippen molar-refractivity contribution in [3.05, 3.63) is 78.2 Å². The van der Waals surface area contributed by atoms with Gasteiger partial charge in [0.25, 0.3) is 0 Å². The molecule has 2 heterocycles. The van der Waals surface area contributed by atoms with E-state index in [-0.39, 0.29) is 24.9 Å². The maximum absolute atomic E-state index is 11.7. The van der Waals surface area contributed by atoms with E-state index in [1.54, 1.807) is 23.7 Å². The van der Waals surface area contributed by atoms with E-state index in [0.717, 1.165) is 11.1 Å². The van der Waals surface area contributed by atoms with Crippen LogP contribution in [0.25, 0.3) is 16.9 Å². The molecule has 2 N–H and O–H groups in total. The molecule has 0 aliphatic heterocycles. The second-order valence-electron chi connectivity index (χ2n) is 6.88. The lowest BCUT2D eigenvalue weighted by molar-refractivity contribution is 0.137. The van der Waals surface area contributed by atoms with Gasteiger partial charge in [-0.1, -0.05) is 30.3 Å². The van der Waals surface area contributed by atoms with Gasteiger partial charge in [-0.15, -0.1) is 12.4 Å². The Kier molecular flexibility index (Phi) is 7.51. The number of aromatic nitrogens is 3. The van der Waals surface area contributed by atoms with Crippen molar-refractivity contribution in [3.8, 4) is 22.9 Å². The average Bonchev–Trinajstić information content (AvgIpc) is 3.09. The number of ether oxygens (including phenoxy) is 2. The molecule has 0 saturated heterocycles. The zero-order valence-electron chi connectivity index (χ0n) is 17.4. The van der Waals surface area contributed by atoms with Gasteiger partial charge in [0.1, 0.15) is 24.7 Å². The molecular weight excluding hydrogens is 432 g/mol. The summed E-state index contributed by atoms with van der Waals surface area (Å²) in [5.41, 5.74) is 3.66. The van der Waals surface area contributed by atoms with Gasteiger partial charge in [-0.05, 0) is 36.8 Å². The fourth-order valence-electron chi connectivity index (χ4n) is 3.03. The Balaban J connectivity index is 0.00000289. The number of fused-ring (bicyclic) bond motifs is 1. The van der Waals surface area contributed by atoms with Crippen molar-refractivity contribution in [3.63, 3.8) is 0 Å². The highest BCUT2D eigenvalue weighted by atomic mass is 35.5. The van der Waals surface area contributed by atoms with Crippen LogP contribution in [0, 0.1) is 6.92 Å². The standard InChI is InChI=1S/C23H22N4O4.ClH/c1-16-22(28)27-14-20(25-13-21(27)26-16)18-7-9-19(10-8-18)30-12-11-24-23(29)31-15-17-5-3-2-4-6-17;/h2-10,13-14,28H,11-12,15H2,1H3,(H,24,29);1H. The van der Waals surface area contributed by atoms with Crippen LogP contribution in [-0.2, 0) is 11.3 Å². The van der Waals surface area contributed by atoms with E-state index in [9.17, 15) is 9.90 Å². The molecule has 1 amide bonds. The summed E-state index contributed by atoms with van der Waals surface area (Å²) in [5, 5.41) is 12.7. The van der Waals surface area contributed by atoms with Gasteiger partial charge in [-0.25, -0.2) is 9.78 Å². The number of hydrogen-bond donors (Lipinski definition) is 2. The second kappa shape index (κ2) is 10.5. The third-order valence-corrected chi connectivity index (χ3v) is 4.65. The normalized spacial score (nSPS) is 10.4. The first-order chi connectivity index (χ1) is 15.1. The van der Waals surface area contributed by atoms with Crippen LogP contribution in [0.3, 0.4) is 0 Å². The predicted molar refractivity (Wildman–Crippen MR) is 122 cm³/mol. The highest BCUT2D eigenvalue weighted by Crippen LogP contribution is 2.24. The number of amides is 1. The molecule has 2 aromatic carbocycles. The number of alkyl carbamates (subject to hydrolysis) is 1. The first kappa shape index (κ1) is 22.9. The van der Waals surface area contributed by atoms with Gasteiger partial charge in [0, 0.05) is 11.8 Å². The monoisotopic (exact) mass is 454 g/mol. The number of rotatable bonds is 7. The molecule has 0 bridgehead atoms. The number of aromatic hydroxyl groups is 1. The van der Waals surface area contributed by atoms with Crippen LogP contribution in [0.2, 0.25) is 0 Å². The number of aryl methyl sites for hydroxylation is 1. The Morgan fingerprint density at radius 2 is 1.88 bits per heavy atom. The number of carbonyl (C=O) groups is 1. The fourth-order valence-corrected chi connectivity index (χ4v) is 3.03. The lowest BCUT2D eigenvalue weighted by atomic mass is 10.1. The largest absolute Gasteiger partial charge is 0.493 e. The van der Waals surface area contributed by atoms with Crippen molar-refractivity contribution in [2.45, 2.75) is 13.5 Å². The Morgan fingerprint density at radius 1 is 1.12 bits per heavy atom. The number of benzene rings is 2. The smallest absolute Gasteiger partial charge is 0.407 e. The molecule has 32 heavy (non-hydrogen) atoms. The summed E-state index contributed by atoms with van der Waals surface area (Å²) in [5.74, 6) is 0.777. The number of imidazole rings is 1. The molecule has 8 nitrogen and oxygen atoms in total. The van der Waals surface area contributed by atoms with Gasteiger partial charge in [0.2, 0.25) is 5.88 Å². The maximum Gasteiger partial charge on any atom is 0.407 e. The number of nitrogens with one attached hydrogen (secondary N) is 1. The topological polar surface area (TPSA) is 98.0 Å². The zero-order chi connectivity index (χ0) is 21.6.